The van der Waals surface area contributed by atoms with Crippen LogP contribution in [0.3, 0.4) is 0 Å². The molecular formula is C24H26N6O2. The van der Waals surface area contributed by atoms with Crippen LogP contribution in [0.25, 0.3) is 11.3 Å². The molecule has 2 heterocycles. The van der Waals surface area contributed by atoms with Gasteiger partial charge in [-0.05, 0) is 44.8 Å². The molecule has 1 aromatic heterocycles. The van der Waals surface area contributed by atoms with E-state index in [1.54, 1.807) is 24.3 Å². The first kappa shape index (κ1) is 21.5. The van der Waals surface area contributed by atoms with Gasteiger partial charge in [-0.1, -0.05) is 30.3 Å². The number of likely N-dealkylation sites (tertiary alicyclic amines) is 1. The summed E-state index contributed by atoms with van der Waals surface area (Å²) >= 11 is 0. The summed E-state index contributed by atoms with van der Waals surface area (Å²) in [4.78, 5) is 38.1. The number of hydrogen-bond acceptors (Lipinski definition) is 6. The van der Waals surface area contributed by atoms with Crippen LogP contribution in [0, 0.1) is 0 Å². The predicted octanol–water partition coefficient (Wildman–Crippen LogP) is 2.75. The van der Waals surface area contributed by atoms with Crippen LogP contribution in [0.5, 0.6) is 0 Å². The number of hydrogen-bond donors (Lipinski definition) is 2. The Labute approximate surface area is 187 Å². The van der Waals surface area contributed by atoms with Crippen molar-refractivity contribution in [3.05, 3.63) is 72.1 Å². The SMILES string of the molecule is CN(C)C1CCN(C(=O)c2ccc(-c3cnc(N)c(C(=O)Nc4ccccc4)n3)cc2)C1. The van der Waals surface area contributed by atoms with Crippen LogP contribution in [0.15, 0.2) is 60.8 Å². The van der Waals surface area contributed by atoms with E-state index < -0.39 is 5.91 Å². The van der Waals surface area contributed by atoms with Crippen molar-refractivity contribution >= 4 is 23.3 Å². The van der Waals surface area contributed by atoms with Crippen molar-refractivity contribution in [2.45, 2.75) is 12.5 Å². The van der Waals surface area contributed by atoms with E-state index >= 15 is 0 Å². The normalized spacial score (nSPS) is 15.7. The van der Waals surface area contributed by atoms with Crippen molar-refractivity contribution in [3.8, 4) is 11.3 Å². The number of amides is 2. The molecule has 32 heavy (non-hydrogen) atoms. The Kier molecular flexibility index (Phi) is 6.13. The lowest BCUT2D eigenvalue weighted by molar-refractivity contribution is 0.0783. The van der Waals surface area contributed by atoms with E-state index in [9.17, 15) is 9.59 Å². The number of carbonyl (C=O) groups excluding carboxylic acids is 2. The van der Waals surface area contributed by atoms with Crippen LogP contribution in [0.2, 0.25) is 0 Å². The molecule has 0 spiro atoms. The molecule has 0 bridgehead atoms. The zero-order valence-corrected chi connectivity index (χ0v) is 18.2. The fourth-order valence-corrected chi connectivity index (χ4v) is 3.73. The van der Waals surface area contributed by atoms with E-state index in [1.807, 2.05) is 49.3 Å². The van der Waals surface area contributed by atoms with E-state index in [1.165, 1.54) is 6.20 Å². The first-order chi connectivity index (χ1) is 15.4. The molecule has 3 N–H and O–H groups in total. The third-order valence-electron chi connectivity index (χ3n) is 5.66. The molecule has 2 amide bonds. The summed E-state index contributed by atoms with van der Waals surface area (Å²) in [5, 5.41) is 2.77. The third kappa shape index (κ3) is 4.60. The molecular weight excluding hydrogens is 404 g/mol. The van der Waals surface area contributed by atoms with Gasteiger partial charge in [0.2, 0.25) is 0 Å². The molecule has 4 rings (SSSR count). The van der Waals surface area contributed by atoms with Gasteiger partial charge in [0.15, 0.2) is 11.5 Å². The number of benzene rings is 2. The van der Waals surface area contributed by atoms with Crippen molar-refractivity contribution in [2.75, 3.05) is 38.2 Å². The van der Waals surface area contributed by atoms with Crippen molar-refractivity contribution < 1.29 is 9.59 Å². The number of anilines is 2. The number of aromatic nitrogens is 2. The van der Waals surface area contributed by atoms with Crippen molar-refractivity contribution in [3.63, 3.8) is 0 Å². The second-order valence-corrected chi connectivity index (χ2v) is 8.04. The number of nitrogens with zero attached hydrogens (tertiary/aromatic N) is 4. The summed E-state index contributed by atoms with van der Waals surface area (Å²) in [6.45, 7) is 1.49. The van der Waals surface area contributed by atoms with E-state index in [4.69, 9.17) is 5.73 Å². The van der Waals surface area contributed by atoms with E-state index in [0.717, 1.165) is 25.1 Å². The molecule has 2 aromatic carbocycles. The number of rotatable bonds is 5. The summed E-state index contributed by atoms with van der Waals surface area (Å²) in [6, 6.07) is 16.7. The molecule has 1 unspecified atom stereocenters. The number of nitrogens with one attached hydrogen (secondary N) is 1. The highest BCUT2D eigenvalue weighted by Gasteiger charge is 2.28. The van der Waals surface area contributed by atoms with Gasteiger partial charge in [0.05, 0.1) is 11.9 Å². The van der Waals surface area contributed by atoms with Crippen LogP contribution in [-0.4, -0.2) is 64.8 Å². The van der Waals surface area contributed by atoms with E-state index in [2.05, 4.69) is 20.2 Å². The molecule has 0 saturated carbocycles. The van der Waals surface area contributed by atoms with Gasteiger partial charge in [-0.15, -0.1) is 0 Å². The Morgan fingerprint density at radius 2 is 1.81 bits per heavy atom. The summed E-state index contributed by atoms with van der Waals surface area (Å²) in [6.07, 6.45) is 2.50. The molecule has 1 aliphatic rings. The largest absolute Gasteiger partial charge is 0.382 e. The average molecular weight is 431 g/mol. The monoisotopic (exact) mass is 430 g/mol. The minimum Gasteiger partial charge on any atom is -0.382 e. The van der Waals surface area contributed by atoms with Crippen molar-refractivity contribution in [1.82, 2.24) is 19.8 Å². The van der Waals surface area contributed by atoms with Gasteiger partial charge in [0, 0.05) is 35.9 Å². The molecule has 0 aliphatic carbocycles. The maximum Gasteiger partial charge on any atom is 0.278 e. The summed E-state index contributed by atoms with van der Waals surface area (Å²) in [5.41, 5.74) is 8.47. The molecule has 1 fully saturated rings. The second kappa shape index (κ2) is 9.15. The van der Waals surface area contributed by atoms with Crippen molar-refractivity contribution in [2.24, 2.45) is 0 Å². The Balaban J connectivity index is 1.50. The van der Waals surface area contributed by atoms with Crippen LogP contribution in [-0.2, 0) is 0 Å². The minimum absolute atomic E-state index is 0.0206. The highest BCUT2D eigenvalue weighted by Crippen LogP contribution is 2.22. The lowest BCUT2D eigenvalue weighted by Crippen LogP contribution is -2.34. The zero-order valence-electron chi connectivity index (χ0n) is 18.2. The predicted molar refractivity (Wildman–Crippen MR) is 124 cm³/mol. The maximum absolute atomic E-state index is 12.8. The van der Waals surface area contributed by atoms with Crippen LogP contribution < -0.4 is 11.1 Å². The number of nitrogens with two attached hydrogens (primary N) is 1. The van der Waals surface area contributed by atoms with Crippen LogP contribution in [0.4, 0.5) is 11.5 Å². The second-order valence-electron chi connectivity index (χ2n) is 8.04. The van der Waals surface area contributed by atoms with Gasteiger partial charge in [-0.3, -0.25) is 9.59 Å². The highest BCUT2D eigenvalue weighted by atomic mass is 16.2. The molecule has 8 heteroatoms. The molecule has 164 valence electrons. The number of nitrogen functional groups attached to an aromatic ring is 1. The van der Waals surface area contributed by atoms with Gasteiger partial charge in [-0.2, -0.15) is 0 Å². The standard InChI is InChI=1S/C24H26N6O2/c1-29(2)19-12-13-30(15-19)24(32)17-10-8-16(9-11-17)20-14-26-22(25)21(28-20)23(31)27-18-6-4-3-5-7-18/h3-11,14,19H,12-13,15H2,1-2H3,(H2,25,26)(H,27,31). The number of likely N-dealkylation sites (N-methyl/N-ethyl adjacent to an activating group) is 1. The average Bonchev–Trinajstić information content (AvgIpc) is 3.30. The summed E-state index contributed by atoms with van der Waals surface area (Å²) in [7, 11) is 4.07. The topological polar surface area (TPSA) is 104 Å². The minimum atomic E-state index is -0.431. The lowest BCUT2D eigenvalue weighted by atomic mass is 10.1. The van der Waals surface area contributed by atoms with Gasteiger partial charge in [-0.25, -0.2) is 9.97 Å². The molecule has 1 saturated heterocycles. The summed E-state index contributed by atoms with van der Waals surface area (Å²) < 4.78 is 0. The first-order valence-electron chi connectivity index (χ1n) is 10.5. The Morgan fingerprint density at radius 3 is 2.47 bits per heavy atom. The zero-order chi connectivity index (χ0) is 22.7. The van der Waals surface area contributed by atoms with Crippen LogP contribution in [0.1, 0.15) is 27.3 Å². The van der Waals surface area contributed by atoms with Gasteiger partial charge in [0.25, 0.3) is 11.8 Å². The molecule has 0 radical (unpaired) electrons. The third-order valence-corrected chi connectivity index (χ3v) is 5.66. The maximum atomic E-state index is 12.8. The fourth-order valence-electron chi connectivity index (χ4n) is 3.73. The Bertz CT molecular complexity index is 1120. The quantitative estimate of drug-likeness (QED) is 0.645. The lowest BCUT2D eigenvalue weighted by Gasteiger charge is -2.20. The van der Waals surface area contributed by atoms with Crippen LogP contribution >= 0.6 is 0 Å². The smallest absolute Gasteiger partial charge is 0.278 e. The summed E-state index contributed by atoms with van der Waals surface area (Å²) in [5.74, 6) is -0.356. The molecule has 8 nitrogen and oxygen atoms in total. The number of para-hydroxylation sites is 1. The van der Waals surface area contributed by atoms with E-state index in [0.29, 0.717) is 23.0 Å². The van der Waals surface area contributed by atoms with E-state index in [-0.39, 0.29) is 17.4 Å². The molecule has 1 aliphatic heterocycles. The van der Waals surface area contributed by atoms with Gasteiger partial charge < -0.3 is 20.9 Å². The van der Waals surface area contributed by atoms with Gasteiger partial charge >= 0.3 is 0 Å². The van der Waals surface area contributed by atoms with Gasteiger partial charge in [0.1, 0.15) is 0 Å². The highest BCUT2D eigenvalue weighted by molar-refractivity contribution is 6.06. The Hall–Kier alpha value is -3.78. The fraction of sp³-hybridized carbons (Fsp3) is 0.250. The number of carbonyl (C=O) groups is 2. The Morgan fingerprint density at radius 1 is 1.09 bits per heavy atom. The molecule has 1 atom stereocenters. The van der Waals surface area contributed by atoms with Crippen molar-refractivity contribution in [1.29, 1.82) is 0 Å². The first-order valence-corrected chi connectivity index (χ1v) is 10.5. The molecule has 3 aromatic rings.